The molecule has 0 spiro atoms. The van der Waals surface area contributed by atoms with Gasteiger partial charge in [-0.15, -0.1) is 0 Å². The Hall–Kier alpha value is -2.36. The number of amides is 1. The van der Waals surface area contributed by atoms with E-state index in [1.54, 1.807) is 24.3 Å². The van der Waals surface area contributed by atoms with E-state index in [-0.39, 0.29) is 16.2 Å². The quantitative estimate of drug-likeness (QED) is 0.586. The molecule has 0 saturated carbocycles. The van der Waals surface area contributed by atoms with Gasteiger partial charge < -0.3 is 4.74 Å². The number of benzene rings is 2. The van der Waals surface area contributed by atoms with Crippen molar-refractivity contribution in [3.05, 3.63) is 47.0 Å². The molecule has 0 aliphatic carbocycles. The second-order valence-electron chi connectivity index (χ2n) is 5.43. The Morgan fingerprint density at radius 1 is 1.26 bits per heavy atom. The van der Waals surface area contributed by atoms with E-state index in [2.05, 4.69) is 15.8 Å². The average Bonchev–Trinajstić information content (AvgIpc) is 3.11. The highest BCUT2D eigenvalue weighted by atomic mass is 35.5. The predicted octanol–water partition coefficient (Wildman–Crippen LogP) is 3.51. The molecule has 3 aromatic rings. The van der Waals surface area contributed by atoms with Crippen LogP contribution in [0.5, 0.6) is 5.75 Å². The molecular weight excluding hydrogens is 410 g/mol. The van der Waals surface area contributed by atoms with Crippen molar-refractivity contribution in [1.29, 1.82) is 0 Å². The first-order valence-electron chi connectivity index (χ1n) is 7.88. The number of halogens is 1. The SMILES string of the molecule is CCS(=O)(=O)c1ccccc1C(=O)NNc1nc2c(OC)ccc(Cl)c2s1. The van der Waals surface area contributed by atoms with Gasteiger partial charge in [0.15, 0.2) is 9.84 Å². The zero-order chi connectivity index (χ0) is 19.6. The van der Waals surface area contributed by atoms with E-state index < -0.39 is 15.7 Å². The largest absolute Gasteiger partial charge is 0.494 e. The molecule has 0 unspecified atom stereocenters. The summed E-state index contributed by atoms with van der Waals surface area (Å²) in [5, 5.41) is 0.905. The summed E-state index contributed by atoms with van der Waals surface area (Å²) in [6, 6.07) is 9.46. The summed E-state index contributed by atoms with van der Waals surface area (Å²) in [6.07, 6.45) is 0. The number of rotatable bonds is 6. The fourth-order valence-electron chi connectivity index (χ4n) is 2.43. The number of carbonyl (C=O) groups excluding carboxylic acids is 1. The van der Waals surface area contributed by atoms with Crippen molar-refractivity contribution in [2.24, 2.45) is 0 Å². The van der Waals surface area contributed by atoms with E-state index in [4.69, 9.17) is 16.3 Å². The lowest BCUT2D eigenvalue weighted by atomic mass is 10.2. The van der Waals surface area contributed by atoms with E-state index in [9.17, 15) is 13.2 Å². The number of sulfone groups is 1. The maximum atomic E-state index is 12.5. The number of aromatic nitrogens is 1. The summed E-state index contributed by atoms with van der Waals surface area (Å²) in [7, 11) is -2.00. The molecule has 0 atom stereocenters. The highest BCUT2D eigenvalue weighted by Crippen LogP contribution is 2.37. The molecule has 0 radical (unpaired) electrons. The van der Waals surface area contributed by atoms with E-state index >= 15 is 0 Å². The lowest BCUT2D eigenvalue weighted by molar-refractivity contribution is 0.0959. The molecular formula is C17H16ClN3O4S2. The minimum Gasteiger partial charge on any atom is -0.494 e. The standard InChI is InChI=1S/C17H16ClN3O4S2/c1-3-27(23,24)13-7-5-4-6-10(13)16(22)20-21-17-19-14-12(25-2)9-8-11(18)15(14)26-17/h4-9H,3H2,1-2H3,(H,19,21)(H,20,22). The van der Waals surface area contributed by atoms with Gasteiger partial charge in [-0.1, -0.05) is 42.0 Å². The number of carbonyl (C=O) groups is 1. The van der Waals surface area contributed by atoms with Gasteiger partial charge in [0.25, 0.3) is 5.91 Å². The van der Waals surface area contributed by atoms with Crippen LogP contribution in [-0.2, 0) is 9.84 Å². The molecule has 27 heavy (non-hydrogen) atoms. The Morgan fingerprint density at radius 3 is 2.70 bits per heavy atom. The first-order chi connectivity index (χ1) is 12.9. The Balaban J connectivity index is 1.85. The fourth-order valence-corrected chi connectivity index (χ4v) is 4.63. The smallest absolute Gasteiger partial charge is 0.270 e. The summed E-state index contributed by atoms with van der Waals surface area (Å²) in [4.78, 5) is 16.8. The van der Waals surface area contributed by atoms with E-state index in [0.717, 1.165) is 0 Å². The van der Waals surface area contributed by atoms with Crippen molar-refractivity contribution in [1.82, 2.24) is 10.4 Å². The maximum absolute atomic E-state index is 12.5. The molecule has 1 amide bonds. The number of fused-ring (bicyclic) bond motifs is 1. The van der Waals surface area contributed by atoms with Crippen LogP contribution in [0, 0.1) is 0 Å². The normalized spacial score (nSPS) is 11.4. The van der Waals surface area contributed by atoms with Gasteiger partial charge in [-0.25, -0.2) is 13.4 Å². The minimum absolute atomic E-state index is 0.0131. The summed E-state index contributed by atoms with van der Waals surface area (Å²) >= 11 is 7.42. The van der Waals surface area contributed by atoms with Crippen molar-refractivity contribution in [2.75, 3.05) is 18.3 Å². The zero-order valence-electron chi connectivity index (χ0n) is 14.4. The van der Waals surface area contributed by atoms with Crippen LogP contribution in [0.4, 0.5) is 5.13 Å². The Labute approximate surface area is 165 Å². The second-order valence-corrected chi connectivity index (χ2v) is 9.08. The Bertz CT molecular complexity index is 1110. The van der Waals surface area contributed by atoms with E-state index in [1.165, 1.54) is 37.5 Å². The number of hydrogen-bond acceptors (Lipinski definition) is 7. The molecule has 142 valence electrons. The van der Waals surface area contributed by atoms with Crippen LogP contribution in [0.1, 0.15) is 17.3 Å². The number of thiazole rings is 1. The topological polar surface area (TPSA) is 97.4 Å². The zero-order valence-corrected chi connectivity index (χ0v) is 16.8. The number of hydrogen-bond donors (Lipinski definition) is 2. The third kappa shape index (κ3) is 3.85. The van der Waals surface area contributed by atoms with Gasteiger partial charge in [0.1, 0.15) is 11.3 Å². The molecule has 1 aromatic heterocycles. The molecule has 7 nitrogen and oxygen atoms in total. The highest BCUT2D eigenvalue weighted by molar-refractivity contribution is 7.91. The van der Waals surface area contributed by atoms with Crippen molar-refractivity contribution in [2.45, 2.75) is 11.8 Å². The van der Waals surface area contributed by atoms with Gasteiger partial charge in [0.2, 0.25) is 5.13 Å². The van der Waals surface area contributed by atoms with Gasteiger partial charge in [-0.05, 0) is 24.3 Å². The number of hydrazine groups is 1. The van der Waals surface area contributed by atoms with Gasteiger partial charge in [-0.3, -0.25) is 15.6 Å². The second kappa shape index (κ2) is 7.71. The fraction of sp³-hybridized carbons (Fsp3) is 0.176. The van der Waals surface area contributed by atoms with Gasteiger partial charge in [0.05, 0.1) is 33.0 Å². The molecule has 0 saturated heterocycles. The summed E-state index contributed by atoms with van der Waals surface area (Å²) in [5.74, 6) is -0.120. The van der Waals surface area contributed by atoms with Crippen LogP contribution >= 0.6 is 22.9 Å². The lowest BCUT2D eigenvalue weighted by Crippen LogP contribution is -2.30. The molecule has 0 bridgehead atoms. The van der Waals surface area contributed by atoms with Crippen molar-refractivity contribution < 1.29 is 17.9 Å². The minimum atomic E-state index is -3.53. The molecule has 0 fully saturated rings. The molecule has 10 heteroatoms. The third-order valence-electron chi connectivity index (χ3n) is 3.81. The van der Waals surface area contributed by atoms with Crippen LogP contribution in [-0.4, -0.2) is 32.2 Å². The summed E-state index contributed by atoms with van der Waals surface area (Å²) < 4.78 is 30.3. The Morgan fingerprint density at radius 2 is 2.00 bits per heavy atom. The first kappa shape index (κ1) is 19.4. The van der Waals surface area contributed by atoms with Crippen LogP contribution in [0.3, 0.4) is 0 Å². The number of ether oxygens (including phenoxy) is 1. The molecule has 0 aliphatic heterocycles. The van der Waals surface area contributed by atoms with Crippen molar-refractivity contribution >= 4 is 54.0 Å². The van der Waals surface area contributed by atoms with Crippen molar-refractivity contribution in [3.8, 4) is 5.75 Å². The lowest BCUT2D eigenvalue weighted by Gasteiger charge is -2.10. The summed E-state index contributed by atoms with van der Waals surface area (Å²) in [5.41, 5.74) is 5.82. The average molecular weight is 426 g/mol. The van der Waals surface area contributed by atoms with Gasteiger partial charge >= 0.3 is 0 Å². The maximum Gasteiger partial charge on any atom is 0.270 e. The number of methoxy groups -OCH3 is 1. The molecule has 2 aromatic carbocycles. The predicted molar refractivity (Wildman–Crippen MR) is 106 cm³/mol. The highest BCUT2D eigenvalue weighted by Gasteiger charge is 2.21. The first-order valence-corrected chi connectivity index (χ1v) is 10.7. The van der Waals surface area contributed by atoms with Crippen molar-refractivity contribution in [3.63, 3.8) is 0 Å². The van der Waals surface area contributed by atoms with Gasteiger partial charge in [-0.2, -0.15) is 0 Å². The third-order valence-corrected chi connectivity index (χ3v) is 7.03. The van der Waals surface area contributed by atoms with Gasteiger partial charge in [0, 0.05) is 0 Å². The molecule has 2 N–H and O–H groups in total. The summed E-state index contributed by atoms with van der Waals surface area (Å²) in [6.45, 7) is 1.53. The monoisotopic (exact) mass is 425 g/mol. The Kier molecular flexibility index (Phi) is 5.54. The number of nitrogens with one attached hydrogen (secondary N) is 2. The van der Waals surface area contributed by atoms with Crippen LogP contribution in [0.25, 0.3) is 10.2 Å². The molecule has 0 aliphatic rings. The number of anilines is 1. The molecule has 3 rings (SSSR count). The van der Waals surface area contributed by atoms with Crippen LogP contribution in [0.15, 0.2) is 41.3 Å². The van der Waals surface area contributed by atoms with E-state index in [1.807, 2.05) is 0 Å². The van der Waals surface area contributed by atoms with Crippen LogP contribution in [0.2, 0.25) is 5.02 Å². The van der Waals surface area contributed by atoms with E-state index in [0.29, 0.717) is 26.1 Å². The molecule has 1 heterocycles. The number of nitrogens with zero attached hydrogens (tertiary/aromatic N) is 1. The van der Waals surface area contributed by atoms with Crippen LogP contribution < -0.4 is 15.6 Å².